The van der Waals surface area contributed by atoms with Crippen LogP contribution >= 0.6 is 0 Å². The van der Waals surface area contributed by atoms with Gasteiger partial charge in [0.2, 0.25) is 0 Å². The van der Waals surface area contributed by atoms with Crippen LogP contribution in [-0.4, -0.2) is 48.7 Å². The van der Waals surface area contributed by atoms with Crippen LogP contribution in [-0.2, 0) is 18.9 Å². The van der Waals surface area contributed by atoms with Gasteiger partial charge < -0.3 is 24.1 Å². The highest BCUT2D eigenvalue weighted by Gasteiger charge is 2.48. The molecule has 0 radical (unpaired) electrons. The fourth-order valence-corrected chi connectivity index (χ4v) is 3.29. The second-order valence-electron chi connectivity index (χ2n) is 6.02. The van der Waals surface area contributed by atoms with Crippen LogP contribution in [0.15, 0.2) is 0 Å². The van der Waals surface area contributed by atoms with Crippen LogP contribution in [0.3, 0.4) is 0 Å². The maximum Gasteiger partial charge on any atom is 0.168 e. The first kappa shape index (κ1) is 17.2. The van der Waals surface area contributed by atoms with E-state index in [0.717, 1.165) is 25.7 Å². The molecular formula is C16H30O5. The Hall–Kier alpha value is -0.200. The van der Waals surface area contributed by atoms with Crippen molar-refractivity contribution in [3.8, 4) is 0 Å². The molecule has 0 aromatic heterocycles. The average molecular weight is 302 g/mol. The Kier molecular flexibility index (Phi) is 5.65. The third-order valence-electron chi connectivity index (χ3n) is 5.07. The largest absolute Gasteiger partial charge is 0.396 e. The van der Waals surface area contributed by atoms with Gasteiger partial charge in [-0.2, -0.15) is 0 Å². The lowest BCUT2D eigenvalue weighted by molar-refractivity contribution is -0.197. The van der Waals surface area contributed by atoms with E-state index in [0.29, 0.717) is 13.2 Å². The molecule has 124 valence electrons. The lowest BCUT2D eigenvalue weighted by atomic mass is 9.97. The van der Waals surface area contributed by atoms with E-state index in [1.54, 1.807) is 0 Å². The molecule has 0 aliphatic carbocycles. The van der Waals surface area contributed by atoms with Crippen molar-refractivity contribution in [2.24, 2.45) is 5.92 Å². The maximum absolute atomic E-state index is 9.81. The Morgan fingerprint density at radius 3 is 1.48 bits per heavy atom. The molecule has 0 unspecified atom stereocenters. The number of rotatable bonds is 7. The molecule has 0 saturated carbocycles. The van der Waals surface area contributed by atoms with Crippen LogP contribution in [0.2, 0.25) is 0 Å². The SMILES string of the molecule is CCC1(CC)OC[C@@H](C(CO)[C@@H]2COC(CC)(CC)O2)O1. The van der Waals surface area contributed by atoms with Gasteiger partial charge in [0.1, 0.15) is 0 Å². The Balaban J connectivity index is 2.02. The molecule has 0 spiro atoms. The van der Waals surface area contributed by atoms with E-state index in [-0.39, 0.29) is 24.7 Å². The van der Waals surface area contributed by atoms with E-state index in [4.69, 9.17) is 18.9 Å². The third-order valence-corrected chi connectivity index (χ3v) is 5.07. The number of aliphatic hydroxyl groups is 1. The zero-order valence-corrected chi connectivity index (χ0v) is 13.8. The zero-order chi connectivity index (χ0) is 15.5. The van der Waals surface area contributed by atoms with Crippen LogP contribution in [0.4, 0.5) is 0 Å². The predicted octanol–water partition coefficient (Wildman–Crippen LogP) is 2.46. The van der Waals surface area contributed by atoms with E-state index < -0.39 is 11.6 Å². The summed E-state index contributed by atoms with van der Waals surface area (Å²) in [5, 5.41) is 9.81. The molecule has 2 heterocycles. The summed E-state index contributed by atoms with van der Waals surface area (Å²) in [5.41, 5.74) is 0. The summed E-state index contributed by atoms with van der Waals surface area (Å²) in [6.45, 7) is 9.30. The topological polar surface area (TPSA) is 57.2 Å². The van der Waals surface area contributed by atoms with Gasteiger partial charge in [0.05, 0.1) is 32.0 Å². The molecule has 2 aliphatic rings. The van der Waals surface area contributed by atoms with Gasteiger partial charge in [0.15, 0.2) is 11.6 Å². The number of ether oxygens (including phenoxy) is 4. The summed E-state index contributed by atoms with van der Waals surface area (Å²) in [4.78, 5) is 0. The van der Waals surface area contributed by atoms with Crippen molar-refractivity contribution >= 4 is 0 Å². The Morgan fingerprint density at radius 2 is 1.24 bits per heavy atom. The van der Waals surface area contributed by atoms with Crippen molar-refractivity contribution in [2.75, 3.05) is 19.8 Å². The molecular weight excluding hydrogens is 272 g/mol. The Morgan fingerprint density at radius 1 is 0.857 bits per heavy atom. The molecule has 5 nitrogen and oxygen atoms in total. The average Bonchev–Trinajstić information content (AvgIpc) is 3.14. The number of hydrogen-bond acceptors (Lipinski definition) is 5. The van der Waals surface area contributed by atoms with Crippen molar-refractivity contribution in [2.45, 2.75) is 77.2 Å². The molecule has 2 fully saturated rings. The first-order valence-corrected chi connectivity index (χ1v) is 8.32. The first-order chi connectivity index (χ1) is 10.1. The predicted molar refractivity (Wildman–Crippen MR) is 78.9 cm³/mol. The van der Waals surface area contributed by atoms with Crippen LogP contribution in [0.25, 0.3) is 0 Å². The zero-order valence-electron chi connectivity index (χ0n) is 13.8. The smallest absolute Gasteiger partial charge is 0.168 e. The Bertz CT molecular complexity index is 295. The van der Waals surface area contributed by atoms with E-state index in [9.17, 15) is 5.11 Å². The number of hydrogen-bond donors (Lipinski definition) is 1. The molecule has 2 saturated heterocycles. The minimum Gasteiger partial charge on any atom is -0.396 e. The third kappa shape index (κ3) is 3.27. The van der Waals surface area contributed by atoms with E-state index >= 15 is 0 Å². The van der Waals surface area contributed by atoms with Crippen LogP contribution in [0, 0.1) is 5.92 Å². The molecule has 0 aromatic rings. The summed E-state index contributed by atoms with van der Waals surface area (Å²) in [6, 6.07) is 0. The summed E-state index contributed by atoms with van der Waals surface area (Å²) < 4.78 is 24.0. The minimum atomic E-state index is -0.496. The van der Waals surface area contributed by atoms with Crippen LogP contribution < -0.4 is 0 Å². The summed E-state index contributed by atoms with van der Waals surface area (Å²) >= 11 is 0. The Labute approximate surface area is 127 Å². The molecule has 2 atom stereocenters. The first-order valence-electron chi connectivity index (χ1n) is 8.32. The normalized spacial score (nSPS) is 31.1. The monoisotopic (exact) mass is 302 g/mol. The summed E-state index contributed by atoms with van der Waals surface area (Å²) in [5.74, 6) is -1.10. The van der Waals surface area contributed by atoms with Crippen molar-refractivity contribution in [1.29, 1.82) is 0 Å². The van der Waals surface area contributed by atoms with E-state index in [1.165, 1.54) is 0 Å². The summed E-state index contributed by atoms with van der Waals surface area (Å²) in [7, 11) is 0. The molecule has 5 heteroatoms. The molecule has 2 aliphatic heterocycles. The van der Waals surface area contributed by atoms with Crippen molar-refractivity contribution in [3.05, 3.63) is 0 Å². The molecule has 0 aromatic carbocycles. The lowest BCUT2D eigenvalue weighted by Gasteiger charge is -2.30. The van der Waals surface area contributed by atoms with Gasteiger partial charge in [-0.25, -0.2) is 0 Å². The van der Waals surface area contributed by atoms with E-state index in [2.05, 4.69) is 27.7 Å². The second kappa shape index (κ2) is 6.92. The number of aliphatic hydroxyl groups excluding tert-OH is 1. The van der Waals surface area contributed by atoms with Gasteiger partial charge in [0, 0.05) is 5.92 Å². The standard InChI is InChI=1S/C16H30O5/c1-5-15(6-2)18-10-13(20-15)12(9-17)14-11-19-16(7-3,8-4)21-14/h12-14,17H,5-11H2,1-4H3/t13-,14-/m0/s1. The van der Waals surface area contributed by atoms with Gasteiger partial charge in [0.25, 0.3) is 0 Å². The molecule has 0 bridgehead atoms. The lowest BCUT2D eigenvalue weighted by Crippen LogP contribution is -2.40. The van der Waals surface area contributed by atoms with Gasteiger partial charge in [-0.05, 0) is 25.7 Å². The summed E-state index contributed by atoms with van der Waals surface area (Å²) in [6.07, 6.45) is 2.99. The van der Waals surface area contributed by atoms with Gasteiger partial charge in [-0.15, -0.1) is 0 Å². The quantitative estimate of drug-likeness (QED) is 0.783. The second-order valence-corrected chi connectivity index (χ2v) is 6.02. The fourth-order valence-electron chi connectivity index (χ4n) is 3.29. The minimum absolute atomic E-state index is 0.0229. The highest BCUT2D eigenvalue weighted by Crippen LogP contribution is 2.38. The van der Waals surface area contributed by atoms with E-state index in [1.807, 2.05) is 0 Å². The van der Waals surface area contributed by atoms with Crippen LogP contribution in [0.1, 0.15) is 53.4 Å². The van der Waals surface area contributed by atoms with Gasteiger partial charge in [-0.3, -0.25) is 0 Å². The van der Waals surface area contributed by atoms with Gasteiger partial charge in [-0.1, -0.05) is 27.7 Å². The molecule has 2 rings (SSSR count). The highest BCUT2D eigenvalue weighted by molar-refractivity contribution is 4.89. The van der Waals surface area contributed by atoms with Gasteiger partial charge >= 0.3 is 0 Å². The fraction of sp³-hybridized carbons (Fsp3) is 1.00. The molecule has 1 N–H and O–H groups in total. The van der Waals surface area contributed by atoms with Crippen molar-refractivity contribution < 1.29 is 24.1 Å². The maximum atomic E-state index is 9.81. The molecule has 21 heavy (non-hydrogen) atoms. The van der Waals surface area contributed by atoms with Crippen LogP contribution in [0.5, 0.6) is 0 Å². The molecule has 0 amide bonds. The van der Waals surface area contributed by atoms with Crippen molar-refractivity contribution in [1.82, 2.24) is 0 Å². The highest BCUT2D eigenvalue weighted by atomic mass is 16.8. The van der Waals surface area contributed by atoms with Crippen molar-refractivity contribution in [3.63, 3.8) is 0 Å².